The van der Waals surface area contributed by atoms with Crippen LogP contribution in [0.4, 0.5) is 5.13 Å². The van der Waals surface area contributed by atoms with Crippen LogP contribution in [0.25, 0.3) is 10.6 Å². The molecule has 0 saturated heterocycles. The third-order valence-electron chi connectivity index (χ3n) is 3.38. The first-order chi connectivity index (χ1) is 9.79. The van der Waals surface area contributed by atoms with Crippen molar-refractivity contribution in [1.82, 2.24) is 14.8 Å². The van der Waals surface area contributed by atoms with Crippen molar-refractivity contribution >= 4 is 16.5 Å². The van der Waals surface area contributed by atoms with Gasteiger partial charge in [-0.2, -0.15) is 0 Å². The van der Waals surface area contributed by atoms with E-state index in [0.717, 1.165) is 37.4 Å². The number of pyridine rings is 1. The predicted molar refractivity (Wildman–Crippen MR) is 81.3 cm³/mol. The summed E-state index contributed by atoms with van der Waals surface area (Å²) in [5, 5.41) is 13.0. The summed E-state index contributed by atoms with van der Waals surface area (Å²) in [6.45, 7) is 3.05. The molecule has 1 saturated carbocycles. The van der Waals surface area contributed by atoms with Crippen LogP contribution in [-0.2, 0) is 0 Å². The quantitative estimate of drug-likeness (QED) is 0.831. The number of rotatable bonds is 6. The molecule has 0 amide bonds. The second-order valence-corrected chi connectivity index (χ2v) is 6.04. The van der Waals surface area contributed by atoms with E-state index in [4.69, 9.17) is 0 Å². The SMILES string of the molecule is CCCCNc1nnc(-c2cccn(C3CC3)c2=O)s1. The van der Waals surface area contributed by atoms with E-state index < -0.39 is 0 Å². The molecule has 1 aliphatic carbocycles. The monoisotopic (exact) mass is 290 g/mol. The fraction of sp³-hybridized carbons (Fsp3) is 0.500. The van der Waals surface area contributed by atoms with Crippen molar-refractivity contribution in [3.63, 3.8) is 0 Å². The Labute approximate surface area is 121 Å². The highest BCUT2D eigenvalue weighted by atomic mass is 32.1. The summed E-state index contributed by atoms with van der Waals surface area (Å²) < 4.78 is 1.82. The van der Waals surface area contributed by atoms with E-state index in [-0.39, 0.29) is 5.56 Å². The molecule has 0 aromatic carbocycles. The standard InChI is InChI=1S/C14H18N4OS/c1-2-3-8-15-14-17-16-12(20-14)11-5-4-9-18(13(11)19)10-6-7-10/h4-5,9-10H,2-3,6-8H2,1H3,(H,15,17). The van der Waals surface area contributed by atoms with Gasteiger partial charge in [0.1, 0.15) is 0 Å². The summed E-state index contributed by atoms with van der Waals surface area (Å²) in [7, 11) is 0. The molecular formula is C14H18N4OS. The highest BCUT2D eigenvalue weighted by Gasteiger charge is 2.25. The Kier molecular flexibility index (Phi) is 3.82. The van der Waals surface area contributed by atoms with Gasteiger partial charge >= 0.3 is 0 Å². The average molecular weight is 290 g/mol. The predicted octanol–water partition coefficient (Wildman–Crippen LogP) is 2.91. The normalized spacial score (nSPS) is 14.4. The largest absolute Gasteiger partial charge is 0.360 e. The molecule has 106 valence electrons. The van der Waals surface area contributed by atoms with E-state index in [9.17, 15) is 4.79 Å². The molecule has 0 spiro atoms. The Morgan fingerprint density at radius 3 is 3.05 bits per heavy atom. The third-order valence-corrected chi connectivity index (χ3v) is 4.29. The van der Waals surface area contributed by atoms with Gasteiger partial charge in [0.15, 0.2) is 5.01 Å². The van der Waals surface area contributed by atoms with E-state index in [1.807, 2.05) is 22.9 Å². The van der Waals surface area contributed by atoms with Crippen LogP contribution in [0, 0.1) is 0 Å². The molecule has 0 radical (unpaired) electrons. The maximum atomic E-state index is 12.4. The summed E-state index contributed by atoms with van der Waals surface area (Å²) in [4.78, 5) is 12.4. The number of unbranched alkanes of at least 4 members (excludes halogenated alkanes) is 1. The Bertz CT molecular complexity index is 645. The Morgan fingerprint density at radius 2 is 2.30 bits per heavy atom. The lowest BCUT2D eigenvalue weighted by Crippen LogP contribution is -2.19. The molecular weight excluding hydrogens is 272 g/mol. The van der Waals surface area contributed by atoms with Crippen molar-refractivity contribution in [1.29, 1.82) is 0 Å². The van der Waals surface area contributed by atoms with Gasteiger partial charge in [0.05, 0.1) is 5.56 Å². The average Bonchev–Trinajstić information content (AvgIpc) is 3.19. The molecule has 2 aromatic heterocycles. The molecule has 0 bridgehead atoms. The van der Waals surface area contributed by atoms with Crippen LogP contribution in [0.15, 0.2) is 23.1 Å². The molecule has 0 unspecified atom stereocenters. The van der Waals surface area contributed by atoms with Crippen LogP contribution >= 0.6 is 11.3 Å². The van der Waals surface area contributed by atoms with E-state index in [2.05, 4.69) is 22.4 Å². The van der Waals surface area contributed by atoms with Crippen molar-refractivity contribution < 1.29 is 0 Å². The van der Waals surface area contributed by atoms with Crippen LogP contribution in [-0.4, -0.2) is 21.3 Å². The van der Waals surface area contributed by atoms with Crippen LogP contribution in [0.3, 0.4) is 0 Å². The minimum atomic E-state index is 0.0475. The number of anilines is 1. The molecule has 1 N–H and O–H groups in total. The summed E-state index contributed by atoms with van der Waals surface area (Å²) in [5.74, 6) is 0. The van der Waals surface area contributed by atoms with Gasteiger partial charge in [-0.3, -0.25) is 4.79 Å². The fourth-order valence-electron chi connectivity index (χ4n) is 2.09. The minimum absolute atomic E-state index is 0.0475. The van der Waals surface area contributed by atoms with Gasteiger partial charge < -0.3 is 9.88 Å². The second-order valence-electron chi connectivity index (χ2n) is 5.06. The van der Waals surface area contributed by atoms with Crippen LogP contribution in [0.1, 0.15) is 38.6 Å². The molecule has 5 nitrogen and oxygen atoms in total. The maximum Gasteiger partial charge on any atom is 0.261 e. The number of nitrogens with zero attached hydrogens (tertiary/aromatic N) is 3. The molecule has 0 aliphatic heterocycles. The highest BCUT2D eigenvalue weighted by Crippen LogP contribution is 2.34. The second kappa shape index (κ2) is 5.75. The van der Waals surface area contributed by atoms with Crippen molar-refractivity contribution in [3.05, 3.63) is 28.7 Å². The van der Waals surface area contributed by atoms with Gasteiger partial charge in [0, 0.05) is 18.8 Å². The Hall–Kier alpha value is -1.69. The molecule has 0 atom stereocenters. The van der Waals surface area contributed by atoms with Gasteiger partial charge in [-0.05, 0) is 31.4 Å². The first kappa shape index (κ1) is 13.3. The molecule has 20 heavy (non-hydrogen) atoms. The third kappa shape index (κ3) is 2.75. The van der Waals surface area contributed by atoms with Gasteiger partial charge in [0.2, 0.25) is 5.13 Å². The fourth-order valence-corrected chi connectivity index (χ4v) is 2.87. The summed E-state index contributed by atoms with van der Waals surface area (Å²) in [6, 6.07) is 4.13. The van der Waals surface area contributed by atoms with Crippen molar-refractivity contribution in [2.24, 2.45) is 0 Å². The van der Waals surface area contributed by atoms with E-state index >= 15 is 0 Å². The summed E-state index contributed by atoms with van der Waals surface area (Å²) in [5.41, 5.74) is 0.701. The van der Waals surface area contributed by atoms with Crippen LogP contribution < -0.4 is 10.9 Å². The van der Waals surface area contributed by atoms with Crippen LogP contribution in [0.5, 0.6) is 0 Å². The van der Waals surface area contributed by atoms with Gasteiger partial charge in [0.25, 0.3) is 5.56 Å². The Morgan fingerprint density at radius 1 is 1.45 bits per heavy atom. The number of nitrogens with one attached hydrogen (secondary N) is 1. The lowest BCUT2D eigenvalue weighted by atomic mass is 10.3. The zero-order valence-electron chi connectivity index (χ0n) is 11.5. The zero-order valence-corrected chi connectivity index (χ0v) is 12.3. The van der Waals surface area contributed by atoms with Gasteiger partial charge in [-0.1, -0.05) is 24.7 Å². The zero-order chi connectivity index (χ0) is 13.9. The molecule has 1 aliphatic rings. The first-order valence-corrected chi connectivity index (χ1v) is 7.90. The molecule has 3 rings (SSSR count). The van der Waals surface area contributed by atoms with Crippen molar-refractivity contribution in [2.75, 3.05) is 11.9 Å². The Balaban J connectivity index is 1.82. The van der Waals surface area contributed by atoms with E-state index in [1.165, 1.54) is 11.3 Å². The van der Waals surface area contributed by atoms with Crippen LogP contribution in [0.2, 0.25) is 0 Å². The molecule has 2 aromatic rings. The number of hydrogen-bond acceptors (Lipinski definition) is 5. The molecule has 2 heterocycles. The van der Waals surface area contributed by atoms with Gasteiger partial charge in [-0.15, -0.1) is 10.2 Å². The first-order valence-electron chi connectivity index (χ1n) is 7.08. The van der Waals surface area contributed by atoms with E-state index in [1.54, 1.807) is 0 Å². The topological polar surface area (TPSA) is 59.8 Å². The van der Waals surface area contributed by atoms with Crippen molar-refractivity contribution in [2.45, 2.75) is 38.6 Å². The minimum Gasteiger partial charge on any atom is -0.360 e. The summed E-state index contributed by atoms with van der Waals surface area (Å²) in [6.07, 6.45) is 6.32. The maximum absolute atomic E-state index is 12.4. The summed E-state index contributed by atoms with van der Waals surface area (Å²) >= 11 is 1.44. The van der Waals surface area contributed by atoms with Gasteiger partial charge in [-0.25, -0.2) is 0 Å². The number of hydrogen-bond donors (Lipinski definition) is 1. The lowest BCUT2D eigenvalue weighted by Gasteiger charge is -2.03. The number of aromatic nitrogens is 3. The highest BCUT2D eigenvalue weighted by molar-refractivity contribution is 7.18. The smallest absolute Gasteiger partial charge is 0.261 e. The lowest BCUT2D eigenvalue weighted by molar-refractivity contribution is 0.709. The van der Waals surface area contributed by atoms with Crippen molar-refractivity contribution in [3.8, 4) is 10.6 Å². The molecule has 6 heteroatoms. The van der Waals surface area contributed by atoms with E-state index in [0.29, 0.717) is 16.6 Å². The molecule has 1 fully saturated rings.